The maximum atomic E-state index is 11.9. The number of aromatic nitrogens is 4. The fraction of sp³-hybridized carbons (Fsp3) is 0.615. The smallest absolute Gasteiger partial charge is 0.330 e. The molecule has 0 atom stereocenters. The van der Waals surface area contributed by atoms with Crippen molar-refractivity contribution in [3.8, 4) is 0 Å². The van der Waals surface area contributed by atoms with Crippen LogP contribution in [-0.4, -0.2) is 46.3 Å². The molecule has 21 heavy (non-hydrogen) atoms. The average Bonchev–Trinajstić information content (AvgIpc) is 2.93. The maximum absolute atomic E-state index is 11.9. The molecular formula is C13H19N5O3. The standard InChI is InChI=1S/C13H19N5O3/c1-21-7-6-18-11-9(12(19)17-13(18)20)15-10(16-11)8-2-4-14-5-3-8/h8,14H,2-7H2,1H3,(H,15,16)(H,17,19,20). The first kappa shape index (κ1) is 14.0. The molecule has 2 aromatic heterocycles. The molecule has 0 unspecified atom stereocenters. The van der Waals surface area contributed by atoms with E-state index in [1.54, 1.807) is 7.11 Å². The minimum absolute atomic E-state index is 0.295. The van der Waals surface area contributed by atoms with E-state index in [9.17, 15) is 9.59 Å². The molecule has 0 aromatic carbocycles. The Balaban J connectivity index is 2.08. The van der Waals surface area contributed by atoms with Gasteiger partial charge in [-0.25, -0.2) is 9.78 Å². The van der Waals surface area contributed by atoms with Gasteiger partial charge in [0.15, 0.2) is 5.65 Å². The average molecular weight is 293 g/mol. The van der Waals surface area contributed by atoms with E-state index < -0.39 is 11.2 Å². The summed E-state index contributed by atoms with van der Waals surface area (Å²) in [5.41, 5.74) is -0.0992. The molecule has 0 radical (unpaired) electrons. The summed E-state index contributed by atoms with van der Waals surface area (Å²) in [6, 6.07) is 0. The van der Waals surface area contributed by atoms with Crippen LogP contribution >= 0.6 is 0 Å². The summed E-state index contributed by atoms with van der Waals surface area (Å²) in [6.45, 7) is 2.62. The van der Waals surface area contributed by atoms with Gasteiger partial charge in [-0.2, -0.15) is 0 Å². The highest BCUT2D eigenvalue weighted by atomic mass is 16.5. The highest BCUT2D eigenvalue weighted by Crippen LogP contribution is 2.23. The van der Waals surface area contributed by atoms with Crippen molar-refractivity contribution in [1.82, 2.24) is 24.8 Å². The molecule has 0 bridgehead atoms. The van der Waals surface area contributed by atoms with E-state index in [2.05, 4.69) is 20.3 Å². The van der Waals surface area contributed by atoms with Crippen LogP contribution in [-0.2, 0) is 11.3 Å². The molecule has 3 rings (SSSR count). The fourth-order valence-corrected chi connectivity index (χ4v) is 2.74. The molecular weight excluding hydrogens is 274 g/mol. The number of piperidine rings is 1. The number of ether oxygens (including phenoxy) is 1. The second-order valence-electron chi connectivity index (χ2n) is 5.25. The van der Waals surface area contributed by atoms with Crippen LogP contribution < -0.4 is 16.6 Å². The minimum Gasteiger partial charge on any atom is -0.383 e. The number of methoxy groups -OCH3 is 1. The number of aromatic amines is 2. The summed E-state index contributed by atoms with van der Waals surface area (Å²) in [7, 11) is 1.57. The van der Waals surface area contributed by atoms with Crippen molar-refractivity contribution in [2.75, 3.05) is 26.8 Å². The quantitative estimate of drug-likeness (QED) is 0.706. The molecule has 0 saturated carbocycles. The fourth-order valence-electron chi connectivity index (χ4n) is 2.74. The van der Waals surface area contributed by atoms with Crippen LogP contribution in [0.4, 0.5) is 0 Å². The Morgan fingerprint density at radius 2 is 2.05 bits per heavy atom. The zero-order chi connectivity index (χ0) is 14.8. The van der Waals surface area contributed by atoms with Crippen molar-refractivity contribution >= 4 is 11.2 Å². The van der Waals surface area contributed by atoms with Crippen LogP contribution in [0.15, 0.2) is 9.59 Å². The van der Waals surface area contributed by atoms with Crippen LogP contribution in [0, 0.1) is 0 Å². The van der Waals surface area contributed by atoms with E-state index >= 15 is 0 Å². The molecule has 0 aliphatic carbocycles. The van der Waals surface area contributed by atoms with Crippen molar-refractivity contribution in [3.63, 3.8) is 0 Å². The molecule has 0 spiro atoms. The Bertz CT molecular complexity index is 738. The lowest BCUT2D eigenvalue weighted by molar-refractivity contribution is 0.187. The normalized spacial score (nSPS) is 16.6. The van der Waals surface area contributed by atoms with Crippen LogP contribution in [0.2, 0.25) is 0 Å². The topological polar surface area (TPSA) is 105 Å². The van der Waals surface area contributed by atoms with Crippen molar-refractivity contribution in [2.45, 2.75) is 25.3 Å². The molecule has 3 heterocycles. The predicted molar refractivity (Wildman–Crippen MR) is 77.7 cm³/mol. The molecule has 0 amide bonds. The van der Waals surface area contributed by atoms with Gasteiger partial charge in [-0.15, -0.1) is 0 Å². The summed E-state index contributed by atoms with van der Waals surface area (Å²) < 4.78 is 6.45. The van der Waals surface area contributed by atoms with E-state index in [0.29, 0.717) is 30.2 Å². The molecule has 1 aliphatic rings. The predicted octanol–water partition coefficient (Wildman–Crippen LogP) is -0.474. The van der Waals surface area contributed by atoms with E-state index in [0.717, 1.165) is 31.8 Å². The summed E-state index contributed by atoms with van der Waals surface area (Å²) in [5, 5.41) is 3.30. The van der Waals surface area contributed by atoms with Gasteiger partial charge in [0.05, 0.1) is 13.2 Å². The number of hydrogen-bond donors (Lipinski definition) is 3. The van der Waals surface area contributed by atoms with Gasteiger partial charge in [0.1, 0.15) is 11.3 Å². The van der Waals surface area contributed by atoms with Gasteiger partial charge >= 0.3 is 5.69 Å². The molecule has 1 saturated heterocycles. The van der Waals surface area contributed by atoms with Gasteiger partial charge < -0.3 is 15.0 Å². The lowest BCUT2D eigenvalue weighted by Gasteiger charge is -2.20. The van der Waals surface area contributed by atoms with Crippen molar-refractivity contribution < 1.29 is 4.74 Å². The van der Waals surface area contributed by atoms with Crippen LogP contribution in [0.25, 0.3) is 11.2 Å². The van der Waals surface area contributed by atoms with Crippen LogP contribution in [0.1, 0.15) is 24.6 Å². The van der Waals surface area contributed by atoms with Gasteiger partial charge in [0, 0.05) is 13.0 Å². The zero-order valence-corrected chi connectivity index (χ0v) is 11.9. The van der Waals surface area contributed by atoms with E-state index in [4.69, 9.17) is 4.74 Å². The van der Waals surface area contributed by atoms with Gasteiger partial charge in [0.25, 0.3) is 5.56 Å². The van der Waals surface area contributed by atoms with Crippen LogP contribution in [0.3, 0.4) is 0 Å². The Morgan fingerprint density at radius 1 is 1.29 bits per heavy atom. The molecule has 1 aliphatic heterocycles. The maximum Gasteiger partial charge on any atom is 0.330 e. The Labute approximate surface area is 120 Å². The minimum atomic E-state index is -0.451. The SMILES string of the molecule is COCCn1c(=O)[nH]c(=O)c2[nH]c(C3CCNCC3)nc21. The second kappa shape index (κ2) is 5.82. The third-order valence-electron chi connectivity index (χ3n) is 3.90. The monoisotopic (exact) mass is 293 g/mol. The van der Waals surface area contributed by atoms with E-state index in [1.165, 1.54) is 4.57 Å². The van der Waals surface area contributed by atoms with E-state index in [1.807, 2.05) is 0 Å². The number of H-pyrrole nitrogens is 2. The highest BCUT2D eigenvalue weighted by molar-refractivity contribution is 5.69. The lowest BCUT2D eigenvalue weighted by atomic mass is 9.98. The Hall–Kier alpha value is -1.93. The first-order valence-corrected chi connectivity index (χ1v) is 7.13. The molecule has 1 fully saturated rings. The van der Waals surface area contributed by atoms with Gasteiger partial charge in [0.2, 0.25) is 0 Å². The number of hydrogen-bond acceptors (Lipinski definition) is 5. The first-order valence-electron chi connectivity index (χ1n) is 7.13. The zero-order valence-electron chi connectivity index (χ0n) is 11.9. The first-order chi connectivity index (χ1) is 10.2. The molecule has 2 aromatic rings. The van der Waals surface area contributed by atoms with Gasteiger partial charge in [-0.1, -0.05) is 0 Å². The number of rotatable bonds is 4. The van der Waals surface area contributed by atoms with Crippen molar-refractivity contribution in [2.24, 2.45) is 0 Å². The molecule has 114 valence electrons. The third-order valence-corrected chi connectivity index (χ3v) is 3.90. The Morgan fingerprint density at radius 3 is 2.76 bits per heavy atom. The lowest BCUT2D eigenvalue weighted by Crippen LogP contribution is -2.31. The molecule has 3 N–H and O–H groups in total. The van der Waals surface area contributed by atoms with Crippen molar-refractivity contribution in [1.29, 1.82) is 0 Å². The summed E-state index contributed by atoms with van der Waals surface area (Å²) >= 11 is 0. The summed E-state index contributed by atoms with van der Waals surface area (Å²) in [4.78, 5) is 33.8. The van der Waals surface area contributed by atoms with E-state index in [-0.39, 0.29) is 0 Å². The highest BCUT2D eigenvalue weighted by Gasteiger charge is 2.21. The number of nitrogens with one attached hydrogen (secondary N) is 3. The van der Waals surface area contributed by atoms with Crippen molar-refractivity contribution in [3.05, 3.63) is 26.7 Å². The Kier molecular flexibility index (Phi) is 3.89. The third kappa shape index (κ3) is 2.64. The summed E-state index contributed by atoms with van der Waals surface area (Å²) in [6.07, 6.45) is 1.94. The van der Waals surface area contributed by atoms with Gasteiger partial charge in [-0.3, -0.25) is 14.3 Å². The number of fused-ring (bicyclic) bond motifs is 1. The molecule has 8 heteroatoms. The number of nitrogens with zero attached hydrogens (tertiary/aromatic N) is 2. The van der Waals surface area contributed by atoms with Gasteiger partial charge in [-0.05, 0) is 25.9 Å². The van der Waals surface area contributed by atoms with Crippen LogP contribution in [0.5, 0.6) is 0 Å². The summed E-state index contributed by atoms with van der Waals surface area (Å²) in [5.74, 6) is 1.08. The largest absolute Gasteiger partial charge is 0.383 e. The molecule has 8 nitrogen and oxygen atoms in total. The second-order valence-corrected chi connectivity index (χ2v) is 5.25. The number of imidazole rings is 1.